The fourth-order valence-corrected chi connectivity index (χ4v) is 5.30. The number of carbonyl (C=O) groups is 1. The summed E-state index contributed by atoms with van der Waals surface area (Å²) < 4.78 is 39.1. The molecule has 1 amide bonds. The topological polar surface area (TPSA) is 84.9 Å². The van der Waals surface area contributed by atoms with Gasteiger partial charge in [-0.2, -0.15) is 0 Å². The van der Waals surface area contributed by atoms with Gasteiger partial charge in [0.1, 0.15) is 11.5 Å². The number of nitrogens with one attached hydrogen (secondary N) is 1. The molecule has 31 heavy (non-hydrogen) atoms. The van der Waals surface area contributed by atoms with Crippen molar-refractivity contribution in [3.63, 3.8) is 0 Å². The molecule has 1 N–H and O–H groups in total. The van der Waals surface area contributed by atoms with Gasteiger partial charge in [0.15, 0.2) is 6.10 Å². The average molecular weight is 443 g/mol. The highest BCUT2D eigenvalue weighted by atomic mass is 32.2. The second-order valence-corrected chi connectivity index (χ2v) is 9.47. The van der Waals surface area contributed by atoms with E-state index in [2.05, 4.69) is 11.4 Å². The molecule has 0 saturated carbocycles. The molecule has 2 aromatic rings. The largest absolute Gasteiger partial charge is 0.497 e. The number of hydrogen-bond donors (Lipinski definition) is 1. The number of rotatable bonds is 6. The number of allylic oxidation sites excluding steroid dienone is 1. The highest BCUT2D eigenvalue weighted by Crippen LogP contribution is 2.37. The van der Waals surface area contributed by atoms with Gasteiger partial charge >= 0.3 is 0 Å². The minimum Gasteiger partial charge on any atom is -0.497 e. The molecular formula is C23H26N2O5S. The monoisotopic (exact) mass is 442 g/mol. The molecule has 1 heterocycles. The third-order valence-corrected chi connectivity index (χ3v) is 7.34. The zero-order valence-electron chi connectivity index (χ0n) is 17.4. The van der Waals surface area contributed by atoms with Crippen LogP contribution in [0.5, 0.6) is 11.5 Å². The number of benzene rings is 2. The van der Waals surface area contributed by atoms with Crippen molar-refractivity contribution in [1.82, 2.24) is 5.32 Å². The van der Waals surface area contributed by atoms with Gasteiger partial charge in [-0.1, -0.05) is 23.8 Å². The molecular weight excluding hydrogens is 416 g/mol. The molecule has 1 aliphatic heterocycles. The maximum atomic E-state index is 13.4. The summed E-state index contributed by atoms with van der Waals surface area (Å²) in [6, 6.07) is 13.0. The minimum absolute atomic E-state index is 0.101. The van der Waals surface area contributed by atoms with Crippen LogP contribution in [0.1, 0.15) is 25.7 Å². The van der Waals surface area contributed by atoms with E-state index in [-0.39, 0.29) is 17.3 Å². The highest BCUT2D eigenvalue weighted by molar-refractivity contribution is 7.92. The summed E-state index contributed by atoms with van der Waals surface area (Å²) in [5.74, 6) is 0.606. The molecule has 1 atom stereocenters. The minimum atomic E-state index is -3.90. The van der Waals surface area contributed by atoms with Crippen molar-refractivity contribution < 1.29 is 22.7 Å². The van der Waals surface area contributed by atoms with Crippen molar-refractivity contribution in [2.24, 2.45) is 0 Å². The number of hydrogen-bond acceptors (Lipinski definition) is 5. The first-order valence-corrected chi connectivity index (χ1v) is 11.8. The fourth-order valence-electron chi connectivity index (χ4n) is 3.82. The van der Waals surface area contributed by atoms with Gasteiger partial charge in [0.05, 0.1) is 24.2 Å². The smallest absolute Gasteiger partial charge is 0.264 e. The Morgan fingerprint density at radius 2 is 1.94 bits per heavy atom. The number of amides is 1. The lowest BCUT2D eigenvalue weighted by Gasteiger charge is -2.34. The van der Waals surface area contributed by atoms with Crippen LogP contribution in [0.4, 0.5) is 5.69 Å². The summed E-state index contributed by atoms with van der Waals surface area (Å²) in [5.41, 5.74) is 1.62. The number of nitrogens with zero attached hydrogens (tertiary/aromatic N) is 1. The number of methoxy groups -OCH3 is 1. The Labute approximate surface area is 182 Å². The summed E-state index contributed by atoms with van der Waals surface area (Å²) in [6.07, 6.45) is 5.55. The predicted molar refractivity (Wildman–Crippen MR) is 118 cm³/mol. The van der Waals surface area contributed by atoms with Gasteiger partial charge in [0.25, 0.3) is 15.9 Å². The first-order chi connectivity index (χ1) is 15.0. The van der Waals surface area contributed by atoms with E-state index in [0.29, 0.717) is 23.7 Å². The Balaban J connectivity index is 1.58. The highest BCUT2D eigenvalue weighted by Gasteiger charge is 2.37. The number of ether oxygens (including phenoxy) is 2. The van der Waals surface area contributed by atoms with E-state index in [1.807, 2.05) is 0 Å². The zero-order chi connectivity index (χ0) is 21.8. The van der Waals surface area contributed by atoms with Gasteiger partial charge in [-0.3, -0.25) is 9.10 Å². The maximum absolute atomic E-state index is 13.4. The third kappa shape index (κ3) is 4.54. The lowest BCUT2D eigenvalue weighted by atomic mass is 10.00. The van der Waals surface area contributed by atoms with Crippen LogP contribution in [-0.2, 0) is 14.8 Å². The number of anilines is 1. The van der Waals surface area contributed by atoms with E-state index in [1.54, 1.807) is 36.4 Å². The van der Waals surface area contributed by atoms with Gasteiger partial charge in [-0.25, -0.2) is 8.42 Å². The molecule has 0 bridgehead atoms. The van der Waals surface area contributed by atoms with Crippen LogP contribution in [0, 0.1) is 0 Å². The van der Waals surface area contributed by atoms with Crippen LogP contribution < -0.4 is 19.1 Å². The summed E-state index contributed by atoms with van der Waals surface area (Å²) in [6.45, 7) is 0.363. The fraction of sp³-hybridized carbons (Fsp3) is 0.348. The van der Waals surface area contributed by atoms with Crippen LogP contribution in [0.2, 0.25) is 0 Å². The van der Waals surface area contributed by atoms with Crippen molar-refractivity contribution in [1.29, 1.82) is 0 Å². The Kier molecular flexibility index (Phi) is 6.18. The Bertz CT molecular complexity index is 1080. The molecule has 0 radical (unpaired) electrons. The molecule has 0 saturated heterocycles. The molecule has 0 aromatic heterocycles. The molecule has 2 aliphatic rings. The molecule has 0 unspecified atom stereocenters. The summed E-state index contributed by atoms with van der Waals surface area (Å²) in [5, 5.41) is 2.91. The average Bonchev–Trinajstić information content (AvgIpc) is 2.82. The van der Waals surface area contributed by atoms with E-state index < -0.39 is 16.1 Å². The number of carbonyl (C=O) groups excluding carboxylic acids is 1. The van der Waals surface area contributed by atoms with Crippen molar-refractivity contribution in [3.05, 3.63) is 60.2 Å². The second kappa shape index (κ2) is 9.01. The molecule has 0 spiro atoms. The van der Waals surface area contributed by atoms with E-state index in [9.17, 15) is 13.2 Å². The molecule has 164 valence electrons. The van der Waals surface area contributed by atoms with Crippen LogP contribution in [-0.4, -0.2) is 40.6 Å². The predicted octanol–water partition coefficient (Wildman–Crippen LogP) is 3.27. The van der Waals surface area contributed by atoms with Crippen molar-refractivity contribution in [2.75, 3.05) is 24.5 Å². The maximum Gasteiger partial charge on any atom is 0.264 e. The molecule has 8 heteroatoms. The van der Waals surface area contributed by atoms with Crippen molar-refractivity contribution >= 4 is 21.6 Å². The van der Waals surface area contributed by atoms with Crippen molar-refractivity contribution in [3.8, 4) is 11.5 Å². The van der Waals surface area contributed by atoms with E-state index in [4.69, 9.17) is 9.47 Å². The zero-order valence-corrected chi connectivity index (χ0v) is 18.2. The van der Waals surface area contributed by atoms with Crippen LogP contribution in [0.15, 0.2) is 65.1 Å². The van der Waals surface area contributed by atoms with Gasteiger partial charge in [-0.05, 0) is 62.1 Å². The van der Waals surface area contributed by atoms with Crippen LogP contribution in [0.3, 0.4) is 0 Å². The van der Waals surface area contributed by atoms with E-state index in [1.165, 1.54) is 35.5 Å². The molecule has 7 nitrogen and oxygen atoms in total. The van der Waals surface area contributed by atoms with E-state index in [0.717, 1.165) is 19.3 Å². The lowest BCUT2D eigenvalue weighted by Crippen LogP contribution is -2.51. The van der Waals surface area contributed by atoms with Gasteiger partial charge in [0.2, 0.25) is 0 Å². The van der Waals surface area contributed by atoms with E-state index >= 15 is 0 Å². The SMILES string of the molecule is COc1ccc(S(=O)(=O)N2C[C@H](C(=O)NCC3=CCCCC3)Oc3ccccc32)cc1. The van der Waals surface area contributed by atoms with Crippen molar-refractivity contribution in [2.45, 2.75) is 36.7 Å². The second-order valence-electron chi connectivity index (χ2n) is 7.61. The molecule has 0 fully saturated rings. The summed E-state index contributed by atoms with van der Waals surface area (Å²) >= 11 is 0. The summed E-state index contributed by atoms with van der Waals surface area (Å²) in [7, 11) is -2.37. The Morgan fingerprint density at radius 1 is 1.16 bits per heavy atom. The molecule has 4 rings (SSSR count). The van der Waals surface area contributed by atoms with Gasteiger partial charge in [-0.15, -0.1) is 0 Å². The standard InChI is InChI=1S/C23H26N2O5S/c1-29-18-11-13-19(14-12-18)31(27,28)25-16-22(30-21-10-6-5-9-20(21)25)23(26)24-15-17-7-3-2-4-8-17/h5-7,9-14,22H,2-4,8,15-16H2,1H3,(H,24,26)/t22-/m1/s1. The third-order valence-electron chi connectivity index (χ3n) is 5.55. The lowest BCUT2D eigenvalue weighted by molar-refractivity contribution is -0.127. The number of sulfonamides is 1. The van der Waals surface area contributed by atoms with Crippen LogP contribution in [0.25, 0.3) is 0 Å². The number of fused-ring (bicyclic) bond motifs is 1. The first kappa shape index (κ1) is 21.2. The van der Waals surface area contributed by atoms with Gasteiger partial charge in [0, 0.05) is 6.54 Å². The Morgan fingerprint density at radius 3 is 2.65 bits per heavy atom. The molecule has 1 aliphatic carbocycles. The van der Waals surface area contributed by atoms with Gasteiger partial charge < -0.3 is 14.8 Å². The molecule has 2 aromatic carbocycles. The normalized spacial score (nSPS) is 18.4. The first-order valence-electron chi connectivity index (χ1n) is 10.4. The van der Waals surface area contributed by atoms with Crippen LogP contribution >= 0.6 is 0 Å². The quantitative estimate of drug-likeness (QED) is 0.694. The Hall–Kier alpha value is -3.00. The number of para-hydroxylation sites is 2. The summed E-state index contributed by atoms with van der Waals surface area (Å²) in [4.78, 5) is 13.0.